The molecule has 0 aromatic carbocycles. The number of aromatic amines is 1. The summed E-state index contributed by atoms with van der Waals surface area (Å²) in [6.45, 7) is 4.29. The van der Waals surface area contributed by atoms with Crippen molar-refractivity contribution in [2.24, 2.45) is 0 Å². The highest BCUT2D eigenvalue weighted by Crippen LogP contribution is 2.30. The first kappa shape index (κ1) is 17.8. The highest BCUT2D eigenvalue weighted by Gasteiger charge is 2.34. The summed E-state index contributed by atoms with van der Waals surface area (Å²) < 4.78 is 24.9. The molecule has 24 heavy (non-hydrogen) atoms. The summed E-state index contributed by atoms with van der Waals surface area (Å²) >= 11 is 0. The second kappa shape index (κ2) is 7.11. The monoisotopic (exact) mass is 355 g/mol. The van der Waals surface area contributed by atoms with Gasteiger partial charge in [-0.3, -0.25) is 4.90 Å². The number of hydrogen-bond acceptors (Lipinski definition) is 5. The smallest absolute Gasteiger partial charge is 0.211 e. The Hall–Kier alpha value is -0.960. The number of nitrogens with one attached hydrogen (secondary N) is 1. The molecule has 3 rings (SSSR count). The molecule has 2 fully saturated rings. The molecule has 0 saturated carbocycles. The normalized spacial score (nSPS) is 24.9. The van der Waals surface area contributed by atoms with Crippen LogP contribution in [0.15, 0.2) is 6.20 Å². The predicted molar refractivity (Wildman–Crippen MR) is 94.3 cm³/mol. The lowest BCUT2D eigenvalue weighted by atomic mass is 10.1. The number of H-pyrrole nitrogens is 1. The van der Waals surface area contributed by atoms with E-state index in [0.717, 1.165) is 50.4 Å². The van der Waals surface area contributed by atoms with Crippen LogP contribution in [0.2, 0.25) is 0 Å². The number of hydrogen-bond donors (Lipinski definition) is 1. The SMILES string of the molecule is CN(C)Cc1cnc(C2CCN(C3CCN(S(C)(=O)=O)CC3)C2)[nH]1. The minimum absolute atomic E-state index is 0.467. The molecule has 0 bridgehead atoms. The van der Waals surface area contributed by atoms with E-state index >= 15 is 0 Å². The molecule has 2 saturated heterocycles. The first-order valence-corrected chi connectivity index (χ1v) is 10.6. The van der Waals surface area contributed by atoms with Crippen LogP contribution in [-0.2, 0) is 16.6 Å². The van der Waals surface area contributed by atoms with Gasteiger partial charge in [0.1, 0.15) is 5.82 Å². The topological polar surface area (TPSA) is 72.5 Å². The van der Waals surface area contributed by atoms with Gasteiger partial charge in [0.2, 0.25) is 10.0 Å². The standard InChI is InChI=1S/C16H29N5O2S/c1-19(2)12-14-10-17-16(18-14)13-4-7-20(11-13)15-5-8-21(9-6-15)24(3,22)23/h10,13,15H,4-9,11-12H2,1-3H3,(H,17,18). The number of aromatic nitrogens is 2. The molecule has 0 amide bonds. The zero-order valence-corrected chi connectivity index (χ0v) is 15.7. The lowest BCUT2D eigenvalue weighted by Gasteiger charge is -2.35. The van der Waals surface area contributed by atoms with Crippen LogP contribution in [0.3, 0.4) is 0 Å². The maximum absolute atomic E-state index is 11.6. The Bertz CT molecular complexity index is 649. The van der Waals surface area contributed by atoms with Gasteiger partial charge in [0.15, 0.2) is 0 Å². The Morgan fingerprint density at radius 2 is 1.96 bits per heavy atom. The van der Waals surface area contributed by atoms with Crippen LogP contribution in [0.1, 0.15) is 36.7 Å². The molecule has 1 aromatic heterocycles. The van der Waals surface area contributed by atoms with E-state index in [1.165, 1.54) is 6.26 Å². The van der Waals surface area contributed by atoms with Gasteiger partial charge in [-0.2, -0.15) is 0 Å². The van der Waals surface area contributed by atoms with Gasteiger partial charge in [-0.25, -0.2) is 17.7 Å². The van der Waals surface area contributed by atoms with Crippen LogP contribution < -0.4 is 0 Å². The fourth-order valence-corrected chi connectivity index (χ4v) is 4.76. The molecule has 1 N–H and O–H groups in total. The van der Waals surface area contributed by atoms with Crippen LogP contribution in [0, 0.1) is 0 Å². The van der Waals surface area contributed by atoms with Crippen LogP contribution in [0.5, 0.6) is 0 Å². The number of rotatable bonds is 5. The summed E-state index contributed by atoms with van der Waals surface area (Å²) in [5, 5.41) is 0. The minimum atomic E-state index is -3.04. The molecule has 2 aliphatic heterocycles. The Morgan fingerprint density at radius 1 is 1.25 bits per heavy atom. The van der Waals surface area contributed by atoms with Crippen LogP contribution in [0.4, 0.5) is 0 Å². The zero-order chi connectivity index (χ0) is 17.3. The van der Waals surface area contributed by atoms with Crippen molar-refractivity contribution in [2.45, 2.75) is 37.8 Å². The van der Waals surface area contributed by atoms with Crippen molar-refractivity contribution in [1.82, 2.24) is 24.1 Å². The van der Waals surface area contributed by atoms with Gasteiger partial charge in [-0.1, -0.05) is 0 Å². The summed E-state index contributed by atoms with van der Waals surface area (Å²) in [4.78, 5) is 12.7. The maximum atomic E-state index is 11.6. The molecule has 1 aromatic rings. The van der Waals surface area contributed by atoms with E-state index in [-0.39, 0.29) is 0 Å². The van der Waals surface area contributed by atoms with Crippen molar-refractivity contribution < 1.29 is 8.42 Å². The van der Waals surface area contributed by atoms with E-state index in [2.05, 4.69) is 33.9 Å². The third-order valence-electron chi connectivity index (χ3n) is 5.15. The van der Waals surface area contributed by atoms with Gasteiger partial charge in [-0.05, 0) is 39.9 Å². The summed E-state index contributed by atoms with van der Waals surface area (Å²) in [5.41, 5.74) is 1.16. The van der Waals surface area contributed by atoms with E-state index in [4.69, 9.17) is 0 Å². The summed E-state index contributed by atoms with van der Waals surface area (Å²) in [7, 11) is 1.07. The van der Waals surface area contributed by atoms with Crippen molar-refractivity contribution in [3.63, 3.8) is 0 Å². The van der Waals surface area contributed by atoms with Crippen molar-refractivity contribution in [1.29, 1.82) is 0 Å². The number of sulfonamides is 1. The van der Waals surface area contributed by atoms with Gasteiger partial charge >= 0.3 is 0 Å². The molecule has 0 aliphatic carbocycles. The lowest BCUT2D eigenvalue weighted by molar-refractivity contribution is 0.166. The lowest BCUT2D eigenvalue weighted by Crippen LogP contribution is -2.45. The van der Waals surface area contributed by atoms with Crippen LogP contribution >= 0.6 is 0 Å². The highest BCUT2D eigenvalue weighted by molar-refractivity contribution is 7.88. The molecule has 0 spiro atoms. The van der Waals surface area contributed by atoms with E-state index in [0.29, 0.717) is 25.0 Å². The van der Waals surface area contributed by atoms with Gasteiger partial charge in [0, 0.05) is 50.0 Å². The summed E-state index contributed by atoms with van der Waals surface area (Å²) in [5.74, 6) is 1.57. The molecule has 7 nitrogen and oxygen atoms in total. The van der Waals surface area contributed by atoms with E-state index in [1.54, 1.807) is 4.31 Å². The molecule has 1 unspecified atom stereocenters. The molecular formula is C16H29N5O2S. The average Bonchev–Trinajstić information content (AvgIpc) is 3.14. The van der Waals surface area contributed by atoms with Crippen molar-refractivity contribution >= 4 is 10.0 Å². The van der Waals surface area contributed by atoms with Crippen LogP contribution in [0.25, 0.3) is 0 Å². The van der Waals surface area contributed by atoms with E-state index in [1.807, 2.05) is 6.20 Å². The second-order valence-corrected chi connectivity index (χ2v) is 9.39. The molecular weight excluding hydrogens is 326 g/mol. The number of piperidine rings is 1. The summed E-state index contributed by atoms with van der Waals surface area (Å²) in [6, 6.07) is 0.504. The molecule has 1 atom stereocenters. The Labute approximate surface area is 145 Å². The Morgan fingerprint density at radius 3 is 2.58 bits per heavy atom. The fourth-order valence-electron chi connectivity index (χ4n) is 3.89. The summed E-state index contributed by atoms with van der Waals surface area (Å²) in [6.07, 6.45) is 6.25. The largest absolute Gasteiger partial charge is 0.345 e. The van der Waals surface area contributed by atoms with Crippen molar-refractivity contribution in [3.8, 4) is 0 Å². The predicted octanol–water partition coefficient (Wildman–Crippen LogP) is 0.685. The Balaban J connectivity index is 1.53. The number of nitrogens with zero attached hydrogens (tertiary/aromatic N) is 4. The van der Waals surface area contributed by atoms with E-state index in [9.17, 15) is 8.42 Å². The van der Waals surface area contributed by atoms with Gasteiger partial charge < -0.3 is 9.88 Å². The first-order chi connectivity index (χ1) is 11.3. The molecule has 2 aliphatic rings. The molecule has 3 heterocycles. The number of imidazole rings is 1. The average molecular weight is 356 g/mol. The van der Waals surface area contributed by atoms with Gasteiger partial charge in [-0.15, -0.1) is 0 Å². The molecule has 8 heteroatoms. The third kappa shape index (κ3) is 4.17. The molecule has 136 valence electrons. The zero-order valence-electron chi connectivity index (χ0n) is 14.9. The number of likely N-dealkylation sites (tertiary alicyclic amines) is 1. The van der Waals surface area contributed by atoms with Crippen LogP contribution in [-0.4, -0.2) is 85.1 Å². The highest BCUT2D eigenvalue weighted by atomic mass is 32.2. The first-order valence-electron chi connectivity index (χ1n) is 8.70. The minimum Gasteiger partial charge on any atom is -0.345 e. The Kier molecular flexibility index (Phi) is 5.29. The van der Waals surface area contributed by atoms with E-state index < -0.39 is 10.0 Å². The molecule has 0 radical (unpaired) electrons. The second-order valence-electron chi connectivity index (χ2n) is 7.41. The quantitative estimate of drug-likeness (QED) is 0.841. The van der Waals surface area contributed by atoms with Gasteiger partial charge in [0.05, 0.1) is 6.26 Å². The van der Waals surface area contributed by atoms with Gasteiger partial charge in [0.25, 0.3) is 0 Å². The third-order valence-corrected chi connectivity index (χ3v) is 6.45. The maximum Gasteiger partial charge on any atom is 0.211 e. The van der Waals surface area contributed by atoms with Crippen molar-refractivity contribution in [3.05, 3.63) is 17.7 Å². The van der Waals surface area contributed by atoms with Crippen molar-refractivity contribution in [2.75, 3.05) is 46.5 Å². The fraction of sp³-hybridized carbons (Fsp3) is 0.812.